The molecule has 58 valence electrons. The van der Waals surface area contributed by atoms with Gasteiger partial charge in [-0.05, 0) is 13.3 Å². The number of unbranched alkanes of at least 4 members (excludes halogenated alkanes) is 1. The Morgan fingerprint density at radius 1 is 1.55 bits per heavy atom. The van der Waals surface area contributed by atoms with Crippen LogP contribution in [0.1, 0.15) is 33.1 Å². The summed E-state index contributed by atoms with van der Waals surface area (Å²) in [7, 11) is 0. The molecule has 0 saturated carbocycles. The first kappa shape index (κ1) is 13.7. The van der Waals surface area contributed by atoms with Gasteiger partial charge < -0.3 is 6.92 Å². The van der Waals surface area contributed by atoms with E-state index in [0.29, 0.717) is 0 Å². The standard InChI is InChI=1S/C6H8.C4H9.Li/c1-6-4-2-3-5-6;1-3-4-2;/h2-4H,5H2,1H3;1,3-4H2,2H3;/q;-1;+1. The zero-order valence-corrected chi connectivity index (χ0v) is 8.06. The van der Waals surface area contributed by atoms with Crippen molar-refractivity contribution in [2.75, 3.05) is 0 Å². The number of allylic oxidation sites excluding steroid dienone is 4. The Labute approximate surface area is 82.9 Å². The van der Waals surface area contributed by atoms with Gasteiger partial charge in [0.15, 0.2) is 0 Å². The fraction of sp³-hybridized carbons (Fsp3) is 0.500. The minimum absolute atomic E-state index is 0. The van der Waals surface area contributed by atoms with Gasteiger partial charge in [-0.3, -0.25) is 0 Å². The number of hydrogen-bond donors (Lipinski definition) is 0. The van der Waals surface area contributed by atoms with Gasteiger partial charge in [0.2, 0.25) is 0 Å². The van der Waals surface area contributed by atoms with Gasteiger partial charge in [0.25, 0.3) is 0 Å². The van der Waals surface area contributed by atoms with Crippen molar-refractivity contribution in [3.05, 3.63) is 30.7 Å². The van der Waals surface area contributed by atoms with Gasteiger partial charge in [0.05, 0.1) is 0 Å². The van der Waals surface area contributed by atoms with E-state index in [4.69, 9.17) is 0 Å². The van der Waals surface area contributed by atoms with E-state index in [1.807, 2.05) is 0 Å². The Morgan fingerprint density at radius 3 is 2.18 bits per heavy atom. The van der Waals surface area contributed by atoms with E-state index >= 15 is 0 Å². The summed E-state index contributed by atoms with van der Waals surface area (Å²) in [6.07, 6.45) is 9.84. The third-order valence-electron chi connectivity index (χ3n) is 1.31. The maximum absolute atomic E-state index is 3.60. The summed E-state index contributed by atoms with van der Waals surface area (Å²) in [4.78, 5) is 0. The average molecular weight is 144 g/mol. The van der Waals surface area contributed by atoms with Gasteiger partial charge in [-0.15, -0.1) is 0 Å². The fourth-order valence-electron chi connectivity index (χ4n) is 0.554. The molecular weight excluding hydrogens is 127 g/mol. The minimum atomic E-state index is 0. The molecule has 11 heavy (non-hydrogen) atoms. The van der Waals surface area contributed by atoms with E-state index in [0.717, 1.165) is 6.42 Å². The van der Waals surface area contributed by atoms with Crippen molar-refractivity contribution in [2.24, 2.45) is 0 Å². The second-order valence-electron chi connectivity index (χ2n) is 2.50. The van der Waals surface area contributed by atoms with Crippen molar-refractivity contribution >= 4 is 0 Å². The zero-order chi connectivity index (χ0) is 7.82. The molecule has 0 aromatic rings. The van der Waals surface area contributed by atoms with Crippen molar-refractivity contribution in [3.63, 3.8) is 0 Å². The van der Waals surface area contributed by atoms with E-state index in [2.05, 4.69) is 39.0 Å². The molecule has 0 nitrogen and oxygen atoms in total. The normalized spacial score (nSPS) is 12.8. The Morgan fingerprint density at radius 2 is 2.09 bits per heavy atom. The van der Waals surface area contributed by atoms with E-state index < -0.39 is 0 Å². The quantitative estimate of drug-likeness (QED) is 0.372. The first-order chi connectivity index (χ1) is 4.81. The largest absolute Gasteiger partial charge is 1.00 e. The van der Waals surface area contributed by atoms with Crippen LogP contribution < -0.4 is 18.9 Å². The van der Waals surface area contributed by atoms with E-state index in [1.165, 1.54) is 18.4 Å². The summed E-state index contributed by atoms with van der Waals surface area (Å²) in [6.45, 7) is 7.86. The zero-order valence-electron chi connectivity index (χ0n) is 8.06. The van der Waals surface area contributed by atoms with Crippen LogP contribution >= 0.6 is 0 Å². The first-order valence-electron chi connectivity index (χ1n) is 3.92. The van der Waals surface area contributed by atoms with Crippen LogP contribution in [0.5, 0.6) is 0 Å². The number of hydrogen-bond acceptors (Lipinski definition) is 0. The summed E-state index contributed by atoms with van der Waals surface area (Å²) in [5, 5.41) is 0. The monoisotopic (exact) mass is 144 g/mol. The Hall–Kier alpha value is 0.0774. The SMILES string of the molecule is CC1=CC=CC1.[CH2-]CCC.[Li+]. The van der Waals surface area contributed by atoms with E-state index in [-0.39, 0.29) is 18.9 Å². The van der Waals surface area contributed by atoms with Crippen molar-refractivity contribution in [1.29, 1.82) is 0 Å². The third-order valence-corrected chi connectivity index (χ3v) is 1.31. The smallest absolute Gasteiger partial charge is 0.343 e. The molecule has 0 N–H and O–H groups in total. The average Bonchev–Trinajstić information content (AvgIpc) is 2.40. The van der Waals surface area contributed by atoms with Crippen molar-refractivity contribution in [2.45, 2.75) is 33.1 Å². The summed E-state index contributed by atoms with van der Waals surface area (Å²) in [6, 6.07) is 0. The molecule has 0 saturated heterocycles. The molecule has 0 aliphatic heterocycles. The predicted octanol–water partition coefficient (Wildman–Crippen LogP) is 0.517. The molecule has 0 bridgehead atoms. The Balaban J connectivity index is 0. The fourth-order valence-corrected chi connectivity index (χ4v) is 0.554. The topological polar surface area (TPSA) is 0 Å². The first-order valence-corrected chi connectivity index (χ1v) is 3.92. The molecule has 0 aromatic carbocycles. The molecule has 0 atom stereocenters. The second kappa shape index (κ2) is 10.1. The summed E-state index contributed by atoms with van der Waals surface area (Å²) in [5.74, 6) is 0. The van der Waals surface area contributed by atoms with Crippen LogP contribution in [0.15, 0.2) is 23.8 Å². The molecule has 1 aliphatic carbocycles. The molecule has 1 rings (SSSR count). The molecule has 0 unspecified atom stereocenters. The molecule has 1 heteroatoms. The summed E-state index contributed by atoms with van der Waals surface area (Å²) in [5.41, 5.74) is 1.47. The van der Waals surface area contributed by atoms with Crippen LogP contribution in [-0.4, -0.2) is 0 Å². The van der Waals surface area contributed by atoms with Crippen molar-refractivity contribution < 1.29 is 18.9 Å². The maximum Gasteiger partial charge on any atom is 1.00 e. The summed E-state index contributed by atoms with van der Waals surface area (Å²) >= 11 is 0. The van der Waals surface area contributed by atoms with Crippen molar-refractivity contribution in [3.8, 4) is 0 Å². The van der Waals surface area contributed by atoms with Crippen LogP contribution in [-0.2, 0) is 0 Å². The molecular formula is C10H17Li. The third kappa shape index (κ3) is 10.1. The van der Waals surface area contributed by atoms with E-state index in [9.17, 15) is 0 Å². The van der Waals surface area contributed by atoms with Gasteiger partial charge in [-0.1, -0.05) is 37.1 Å². The molecule has 0 spiro atoms. The van der Waals surface area contributed by atoms with Gasteiger partial charge in [0, 0.05) is 0 Å². The summed E-state index contributed by atoms with van der Waals surface area (Å²) < 4.78 is 0. The van der Waals surface area contributed by atoms with Gasteiger partial charge in [-0.2, -0.15) is 6.42 Å². The van der Waals surface area contributed by atoms with Crippen LogP contribution in [0.3, 0.4) is 0 Å². The second-order valence-corrected chi connectivity index (χ2v) is 2.50. The van der Waals surface area contributed by atoms with Crippen LogP contribution in [0, 0.1) is 6.92 Å². The molecule has 0 heterocycles. The molecule has 0 fully saturated rings. The van der Waals surface area contributed by atoms with Crippen LogP contribution in [0.4, 0.5) is 0 Å². The van der Waals surface area contributed by atoms with Crippen LogP contribution in [0.2, 0.25) is 0 Å². The molecule has 0 aromatic heterocycles. The molecule has 1 aliphatic rings. The minimum Gasteiger partial charge on any atom is -0.343 e. The van der Waals surface area contributed by atoms with Gasteiger partial charge >= 0.3 is 18.9 Å². The maximum atomic E-state index is 3.60. The Bertz CT molecular complexity index is 121. The Kier molecular flexibility index (Phi) is 12.5. The van der Waals surface area contributed by atoms with Gasteiger partial charge in [0.1, 0.15) is 0 Å². The van der Waals surface area contributed by atoms with Crippen molar-refractivity contribution in [1.82, 2.24) is 0 Å². The molecule has 0 radical (unpaired) electrons. The molecule has 0 amide bonds. The van der Waals surface area contributed by atoms with Gasteiger partial charge in [-0.25, -0.2) is 0 Å². The van der Waals surface area contributed by atoms with E-state index in [1.54, 1.807) is 0 Å². The number of rotatable bonds is 1. The predicted molar refractivity (Wildman–Crippen MR) is 47.8 cm³/mol. The van der Waals surface area contributed by atoms with Crippen LogP contribution in [0.25, 0.3) is 0 Å².